The number of rotatable bonds is 4. The van der Waals surface area contributed by atoms with E-state index in [-0.39, 0.29) is 24.2 Å². The van der Waals surface area contributed by atoms with Gasteiger partial charge in [0.05, 0.1) is 12.3 Å². The van der Waals surface area contributed by atoms with E-state index in [1.165, 1.54) is 0 Å². The van der Waals surface area contributed by atoms with Crippen LogP contribution >= 0.6 is 0 Å². The molecular weight excluding hydrogens is 264 g/mol. The van der Waals surface area contributed by atoms with Gasteiger partial charge < -0.3 is 9.64 Å². The number of carbonyl (C=O) groups is 1. The fraction of sp³-hybridized carbons (Fsp3) is 0.588. The minimum Gasteiger partial charge on any atom is -0.376 e. The number of benzene rings is 1. The van der Waals surface area contributed by atoms with Gasteiger partial charge in [-0.05, 0) is 24.3 Å². The zero-order valence-corrected chi connectivity index (χ0v) is 12.8. The molecular formula is C17H24N2O2. The molecule has 0 radical (unpaired) electrons. The standard InChI is InChI=1S/C17H24N2O2/c1-12(2)16-18-15(13-7-4-3-5-8-13)17(20)19(16)11-14-9-6-10-21-14/h3-5,7-8,12,14-16,18H,6,9-11H2,1-2H3. The van der Waals surface area contributed by atoms with Crippen LogP contribution in [-0.4, -0.2) is 36.2 Å². The Morgan fingerprint density at radius 1 is 1.33 bits per heavy atom. The smallest absolute Gasteiger partial charge is 0.245 e. The molecule has 1 aromatic carbocycles. The van der Waals surface area contributed by atoms with Crippen molar-refractivity contribution >= 4 is 5.91 Å². The first-order valence-corrected chi connectivity index (χ1v) is 7.90. The molecule has 3 rings (SSSR count). The first-order chi connectivity index (χ1) is 10.2. The molecule has 1 amide bonds. The Kier molecular flexibility index (Phi) is 4.27. The van der Waals surface area contributed by atoms with Crippen LogP contribution in [0.1, 0.15) is 38.3 Å². The first-order valence-electron chi connectivity index (χ1n) is 7.90. The summed E-state index contributed by atoms with van der Waals surface area (Å²) in [7, 11) is 0. The Balaban J connectivity index is 1.78. The van der Waals surface area contributed by atoms with Crippen LogP contribution in [0.4, 0.5) is 0 Å². The van der Waals surface area contributed by atoms with Gasteiger partial charge in [0.15, 0.2) is 0 Å². The summed E-state index contributed by atoms with van der Waals surface area (Å²) in [6.45, 7) is 5.84. The van der Waals surface area contributed by atoms with E-state index in [0.717, 1.165) is 25.0 Å². The first kappa shape index (κ1) is 14.5. The molecule has 0 aliphatic carbocycles. The van der Waals surface area contributed by atoms with Gasteiger partial charge in [-0.25, -0.2) is 0 Å². The zero-order chi connectivity index (χ0) is 14.8. The number of hydrogen-bond donors (Lipinski definition) is 1. The van der Waals surface area contributed by atoms with Crippen molar-refractivity contribution in [2.24, 2.45) is 5.92 Å². The van der Waals surface area contributed by atoms with Crippen LogP contribution < -0.4 is 5.32 Å². The average Bonchev–Trinajstić information content (AvgIpc) is 3.10. The minimum absolute atomic E-state index is 0.0897. The maximum Gasteiger partial charge on any atom is 0.245 e. The van der Waals surface area contributed by atoms with Crippen molar-refractivity contribution in [1.29, 1.82) is 0 Å². The highest BCUT2D eigenvalue weighted by Crippen LogP contribution is 2.28. The second-order valence-corrected chi connectivity index (χ2v) is 6.32. The van der Waals surface area contributed by atoms with Gasteiger partial charge in [0.25, 0.3) is 0 Å². The summed E-state index contributed by atoms with van der Waals surface area (Å²) in [5.41, 5.74) is 1.04. The normalized spacial score (nSPS) is 29.6. The van der Waals surface area contributed by atoms with E-state index >= 15 is 0 Å². The summed E-state index contributed by atoms with van der Waals surface area (Å²) in [6.07, 6.45) is 2.46. The van der Waals surface area contributed by atoms with E-state index in [1.807, 2.05) is 35.2 Å². The number of carbonyl (C=O) groups excluding carboxylic acids is 1. The molecule has 2 heterocycles. The molecule has 4 heteroatoms. The average molecular weight is 288 g/mol. The van der Waals surface area contributed by atoms with E-state index < -0.39 is 0 Å². The third-order valence-electron chi connectivity index (χ3n) is 4.39. The van der Waals surface area contributed by atoms with Gasteiger partial charge in [0, 0.05) is 13.2 Å². The summed E-state index contributed by atoms with van der Waals surface area (Å²) >= 11 is 0. The van der Waals surface area contributed by atoms with E-state index in [2.05, 4.69) is 19.2 Å². The van der Waals surface area contributed by atoms with Gasteiger partial charge >= 0.3 is 0 Å². The van der Waals surface area contributed by atoms with Gasteiger partial charge in [0.1, 0.15) is 6.04 Å². The largest absolute Gasteiger partial charge is 0.376 e. The van der Waals surface area contributed by atoms with Crippen LogP contribution in [0.15, 0.2) is 30.3 Å². The van der Waals surface area contributed by atoms with Crippen molar-refractivity contribution in [2.75, 3.05) is 13.2 Å². The third kappa shape index (κ3) is 2.97. The van der Waals surface area contributed by atoms with Gasteiger partial charge in [-0.1, -0.05) is 44.2 Å². The highest BCUT2D eigenvalue weighted by molar-refractivity contribution is 5.85. The Morgan fingerprint density at radius 3 is 2.71 bits per heavy atom. The summed E-state index contributed by atoms with van der Waals surface area (Å²) < 4.78 is 5.71. The predicted octanol–water partition coefficient (Wildman–Crippen LogP) is 2.32. The van der Waals surface area contributed by atoms with Crippen molar-refractivity contribution in [3.63, 3.8) is 0 Å². The molecule has 0 spiro atoms. The number of ether oxygens (including phenoxy) is 1. The van der Waals surface area contributed by atoms with Crippen molar-refractivity contribution in [1.82, 2.24) is 10.2 Å². The van der Waals surface area contributed by atoms with Crippen molar-refractivity contribution < 1.29 is 9.53 Å². The van der Waals surface area contributed by atoms with Crippen molar-refractivity contribution in [2.45, 2.75) is 45.0 Å². The topological polar surface area (TPSA) is 41.6 Å². The molecule has 3 unspecified atom stereocenters. The van der Waals surface area contributed by atoms with E-state index in [1.54, 1.807) is 0 Å². The monoisotopic (exact) mass is 288 g/mol. The number of hydrogen-bond acceptors (Lipinski definition) is 3. The highest BCUT2D eigenvalue weighted by Gasteiger charge is 2.42. The zero-order valence-electron chi connectivity index (χ0n) is 12.8. The number of amides is 1. The van der Waals surface area contributed by atoms with Gasteiger partial charge in [-0.15, -0.1) is 0 Å². The molecule has 4 nitrogen and oxygen atoms in total. The molecule has 0 bridgehead atoms. The summed E-state index contributed by atoms with van der Waals surface area (Å²) in [5.74, 6) is 0.555. The van der Waals surface area contributed by atoms with Gasteiger partial charge in [0.2, 0.25) is 5.91 Å². The lowest BCUT2D eigenvalue weighted by Gasteiger charge is -2.29. The highest BCUT2D eigenvalue weighted by atomic mass is 16.5. The van der Waals surface area contributed by atoms with E-state index in [0.29, 0.717) is 12.5 Å². The fourth-order valence-electron chi connectivity index (χ4n) is 3.28. The Labute approximate surface area is 126 Å². The molecule has 0 saturated carbocycles. The molecule has 114 valence electrons. The summed E-state index contributed by atoms with van der Waals surface area (Å²) in [4.78, 5) is 14.8. The third-order valence-corrected chi connectivity index (χ3v) is 4.39. The van der Waals surface area contributed by atoms with Crippen LogP contribution in [0.5, 0.6) is 0 Å². The van der Waals surface area contributed by atoms with Crippen molar-refractivity contribution in [3.8, 4) is 0 Å². The number of nitrogens with one attached hydrogen (secondary N) is 1. The number of nitrogens with zero attached hydrogens (tertiary/aromatic N) is 1. The Hall–Kier alpha value is -1.39. The minimum atomic E-state index is -0.222. The summed E-state index contributed by atoms with van der Waals surface area (Å²) in [6, 6.07) is 9.76. The van der Waals surface area contributed by atoms with Crippen LogP contribution in [0, 0.1) is 5.92 Å². The lowest BCUT2D eigenvalue weighted by atomic mass is 10.1. The molecule has 2 aliphatic rings. The fourth-order valence-corrected chi connectivity index (χ4v) is 3.28. The summed E-state index contributed by atoms with van der Waals surface area (Å²) in [5, 5.41) is 3.50. The van der Waals surface area contributed by atoms with Crippen LogP contribution in [0.3, 0.4) is 0 Å². The maximum absolute atomic E-state index is 12.8. The Bertz CT molecular complexity index is 483. The molecule has 1 N–H and O–H groups in total. The van der Waals surface area contributed by atoms with Crippen molar-refractivity contribution in [3.05, 3.63) is 35.9 Å². The Morgan fingerprint density at radius 2 is 2.10 bits per heavy atom. The second kappa shape index (κ2) is 6.16. The van der Waals surface area contributed by atoms with Crippen LogP contribution in [-0.2, 0) is 9.53 Å². The van der Waals surface area contributed by atoms with Crippen LogP contribution in [0.2, 0.25) is 0 Å². The molecule has 2 fully saturated rings. The van der Waals surface area contributed by atoms with Gasteiger partial charge in [-0.2, -0.15) is 0 Å². The predicted molar refractivity (Wildman–Crippen MR) is 81.6 cm³/mol. The lowest BCUT2D eigenvalue weighted by molar-refractivity contribution is -0.132. The molecule has 0 aromatic heterocycles. The van der Waals surface area contributed by atoms with Gasteiger partial charge in [-0.3, -0.25) is 10.1 Å². The molecule has 21 heavy (non-hydrogen) atoms. The van der Waals surface area contributed by atoms with E-state index in [4.69, 9.17) is 4.74 Å². The molecule has 2 saturated heterocycles. The van der Waals surface area contributed by atoms with Crippen LogP contribution in [0.25, 0.3) is 0 Å². The lowest BCUT2D eigenvalue weighted by Crippen LogP contribution is -2.44. The second-order valence-electron chi connectivity index (χ2n) is 6.32. The SMILES string of the molecule is CC(C)C1NC(c2ccccc2)C(=O)N1CC1CCCO1. The molecule has 2 aliphatic heterocycles. The van der Waals surface area contributed by atoms with E-state index in [9.17, 15) is 4.79 Å². The molecule has 1 aromatic rings. The maximum atomic E-state index is 12.8. The quantitative estimate of drug-likeness (QED) is 0.924. The molecule has 3 atom stereocenters.